The average molecular weight is 275 g/mol. The molecule has 1 fully saturated rings. The normalized spacial score (nSPS) is 21.3. The first-order valence-corrected chi connectivity index (χ1v) is 7.04. The number of H-pyrrole nitrogens is 1. The number of carboxylic acids is 1. The summed E-state index contributed by atoms with van der Waals surface area (Å²) in [5.74, 6) is 0.886. The molecule has 0 amide bonds. The molecule has 1 saturated carbocycles. The molecule has 2 unspecified atom stereocenters. The van der Waals surface area contributed by atoms with E-state index in [1.807, 2.05) is 18.2 Å². The summed E-state index contributed by atoms with van der Waals surface area (Å²) in [6.45, 7) is 0. The molecule has 1 aromatic carbocycles. The predicted molar refractivity (Wildman–Crippen MR) is 71.3 cm³/mol. The van der Waals surface area contributed by atoms with Gasteiger partial charge in [0.1, 0.15) is 5.82 Å². The summed E-state index contributed by atoms with van der Waals surface area (Å²) in [5, 5.41) is 16.1. The van der Waals surface area contributed by atoms with Crippen molar-refractivity contribution in [2.45, 2.75) is 23.4 Å². The van der Waals surface area contributed by atoms with Gasteiger partial charge in [-0.15, -0.1) is 5.10 Å². The van der Waals surface area contributed by atoms with Crippen LogP contribution in [0.3, 0.4) is 0 Å². The van der Waals surface area contributed by atoms with Crippen LogP contribution < -0.4 is 0 Å². The lowest BCUT2D eigenvalue weighted by atomic mass is 10.1. The first-order valence-electron chi connectivity index (χ1n) is 6.06. The monoisotopic (exact) mass is 275 g/mol. The number of thioether (sulfide) groups is 1. The molecule has 6 heteroatoms. The molecule has 0 aliphatic heterocycles. The smallest absolute Gasteiger partial charge is 0.313 e. The highest BCUT2D eigenvalue weighted by Gasteiger charge is 2.41. The lowest BCUT2D eigenvalue weighted by molar-refractivity contribution is -0.133. The van der Waals surface area contributed by atoms with Crippen molar-refractivity contribution in [3.8, 4) is 0 Å². The van der Waals surface area contributed by atoms with E-state index in [0.29, 0.717) is 17.0 Å². The maximum Gasteiger partial charge on any atom is 0.313 e. The molecule has 0 radical (unpaired) electrons. The molecule has 2 N–H and O–H groups in total. The van der Waals surface area contributed by atoms with Gasteiger partial charge < -0.3 is 5.11 Å². The molecule has 19 heavy (non-hydrogen) atoms. The average Bonchev–Trinajstić information content (AvgIpc) is 3.09. The van der Waals surface area contributed by atoms with Crippen molar-refractivity contribution in [3.05, 3.63) is 41.7 Å². The Morgan fingerprint density at radius 2 is 2.16 bits per heavy atom. The zero-order chi connectivity index (χ0) is 13.2. The van der Waals surface area contributed by atoms with Gasteiger partial charge in [-0.2, -0.15) is 0 Å². The Morgan fingerprint density at radius 3 is 2.89 bits per heavy atom. The van der Waals surface area contributed by atoms with Gasteiger partial charge in [-0.1, -0.05) is 42.1 Å². The number of carbonyl (C=O) groups is 1. The van der Waals surface area contributed by atoms with Crippen LogP contribution in [0.15, 0.2) is 35.5 Å². The number of nitrogens with one attached hydrogen (secondary N) is 1. The van der Waals surface area contributed by atoms with Crippen LogP contribution in [0.4, 0.5) is 0 Å². The van der Waals surface area contributed by atoms with E-state index >= 15 is 0 Å². The van der Waals surface area contributed by atoms with Crippen molar-refractivity contribution in [1.82, 2.24) is 15.2 Å². The molecule has 1 aromatic heterocycles. The van der Waals surface area contributed by atoms with Gasteiger partial charge >= 0.3 is 5.97 Å². The Labute approximate surface area is 114 Å². The third-order valence-corrected chi connectivity index (χ3v) is 4.01. The summed E-state index contributed by atoms with van der Waals surface area (Å²) in [5.41, 5.74) is 1.32. The lowest BCUT2D eigenvalue weighted by Crippen LogP contribution is -1.97. The van der Waals surface area contributed by atoms with E-state index in [2.05, 4.69) is 27.3 Å². The van der Waals surface area contributed by atoms with Crippen LogP contribution in [0.5, 0.6) is 0 Å². The minimum absolute atomic E-state index is 0.00985. The second kappa shape index (κ2) is 5.05. The molecule has 5 nitrogen and oxygen atoms in total. The number of rotatable bonds is 5. The Hall–Kier alpha value is -1.82. The van der Waals surface area contributed by atoms with Gasteiger partial charge in [0.05, 0.1) is 5.75 Å². The number of hydrogen-bond donors (Lipinski definition) is 2. The van der Waals surface area contributed by atoms with Gasteiger partial charge in [-0.05, 0) is 17.9 Å². The van der Waals surface area contributed by atoms with E-state index in [0.717, 1.165) is 24.0 Å². The van der Waals surface area contributed by atoms with Crippen molar-refractivity contribution in [3.63, 3.8) is 0 Å². The van der Waals surface area contributed by atoms with E-state index in [4.69, 9.17) is 5.11 Å². The fourth-order valence-electron chi connectivity index (χ4n) is 2.18. The number of aromatic nitrogens is 3. The van der Waals surface area contributed by atoms with Gasteiger partial charge in [-0.3, -0.25) is 9.89 Å². The van der Waals surface area contributed by atoms with Crippen LogP contribution in [0, 0.1) is 0 Å². The second-order valence-corrected chi connectivity index (χ2v) is 5.49. The number of aromatic amines is 1. The summed E-state index contributed by atoms with van der Waals surface area (Å²) in [6.07, 6.45) is 1.07. The molecule has 0 bridgehead atoms. The molecule has 0 saturated heterocycles. The zero-order valence-electron chi connectivity index (χ0n) is 10.1. The molecule has 3 rings (SSSR count). The van der Waals surface area contributed by atoms with E-state index < -0.39 is 5.97 Å². The van der Waals surface area contributed by atoms with Crippen LogP contribution >= 0.6 is 11.8 Å². The van der Waals surface area contributed by atoms with Crippen molar-refractivity contribution < 1.29 is 9.90 Å². The molecule has 0 spiro atoms. The number of hydrogen-bond acceptors (Lipinski definition) is 4. The Morgan fingerprint density at radius 1 is 1.37 bits per heavy atom. The van der Waals surface area contributed by atoms with Gasteiger partial charge in [0.2, 0.25) is 5.16 Å². The second-order valence-electron chi connectivity index (χ2n) is 4.55. The van der Waals surface area contributed by atoms with Crippen LogP contribution in [0.2, 0.25) is 0 Å². The highest BCUT2D eigenvalue weighted by Crippen LogP contribution is 2.53. The number of aliphatic carboxylic acids is 1. The van der Waals surface area contributed by atoms with Crippen LogP contribution in [0.1, 0.15) is 29.6 Å². The Balaban J connectivity index is 1.64. The van der Waals surface area contributed by atoms with Crippen LogP contribution in [-0.2, 0) is 4.79 Å². The highest BCUT2D eigenvalue weighted by molar-refractivity contribution is 7.99. The number of nitrogens with zero attached hydrogens (tertiary/aromatic N) is 2. The molecular formula is C13H13N3O2S. The summed E-state index contributed by atoms with van der Waals surface area (Å²) in [4.78, 5) is 14.8. The quantitative estimate of drug-likeness (QED) is 0.818. The van der Waals surface area contributed by atoms with Gasteiger partial charge in [0, 0.05) is 5.92 Å². The van der Waals surface area contributed by atoms with Crippen molar-refractivity contribution in [1.29, 1.82) is 0 Å². The summed E-state index contributed by atoms with van der Waals surface area (Å²) >= 11 is 1.14. The van der Waals surface area contributed by atoms with Gasteiger partial charge in [0.25, 0.3) is 0 Å². The topological polar surface area (TPSA) is 78.9 Å². The maximum atomic E-state index is 10.5. The number of carboxylic acid groups (broad SMARTS) is 1. The Kier molecular flexibility index (Phi) is 3.25. The first-order chi connectivity index (χ1) is 9.24. The van der Waals surface area contributed by atoms with Crippen LogP contribution in [0.25, 0.3) is 0 Å². The molecule has 2 atom stereocenters. The van der Waals surface area contributed by atoms with E-state index in [1.54, 1.807) is 0 Å². The van der Waals surface area contributed by atoms with E-state index in [1.165, 1.54) is 5.56 Å². The molecular weight excluding hydrogens is 262 g/mol. The van der Waals surface area contributed by atoms with Crippen molar-refractivity contribution in [2.24, 2.45) is 0 Å². The zero-order valence-corrected chi connectivity index (χ0v) is 10.9. The first kappa shape index (κ1) is 12.2. The maximum absolute atomic E-state index is 10.5. The number of benzene rings is 1. The summed E-state index contributed by atoms with van der Waals surface area (Å²) in [6, 6.07) is 10.3. The molecule has 98 valence electrons. The molecule has 1 aliphatic carbocycles. The fourth-order valence-corrected chi connectivity index (χ4v) is 2.71. The highest BCUT2D eigenvalue weighted by atomic mass is 32.2. The third kappa shape index (κ3) is 2.78. The third-order valence-electron chi connectivity index (χ3n) is 3.18. The standard InChI is InChI=1S/C13H13N3O2S/c17-11(18)7-19-13-14-12(15-16-13)10-6-9(10)8-4-2-1-3-5-8/h1-5,9-10H,6-7H2,(H,17,18)(H,14,15,16). The fraction of sp³-hybridized carbons (Fsp3) is 0.308. The predicted octanol–water partition coefficient (Wildman–Crippen LogP) is 2.25. The minimum Gasteiger partial charge on any atom is -0.481 e. The Bertz CT molecular complexity index is 585. The summed E-state index contributed by atoms with van der Waals surface area (Å²) < 4.78 is 0. The van der Waals surface area contributed by atoms with Crippen LogP contribution in [-0.4, -0.2) is 32.0 Å². The minimum atomic E-state index is -0.857. The molecule has 2 aromatic rings. The van der Waals surface area contributed by atoms with E-state index in [-0.39, 0.29) is 5.75 Å². The van der Waals surface area contributed by atoms with E-state index in [9.17, 15) is 4.79 Å². The lowest BCUT2D eigenvalue weighted by Gasteiger charge is -1.97. The summed E-state index contributed by atoms with van der Waals surface area (Å²) in [7, 11) is 0. The van der Waals surface area contributed by atoms with Crippen molar-refractivity contribution in [2.75, 3.05) is 5.75 Å². The van der Waals surface area contributed by atoms with Crippen molar-refractivity contribution >= 4 is 17.7 Å². The van der Waals surface area contributed by atoms with Gasteiger partial charge in [0.15, 0.2) is 0 Å². The van der Waals surface area contributed by atoms with Gasteiger partial charge in [-0.25, -0.2) is 4.98 Å². The molecule has 1 heterocycles. The molecule has 1 aliphatic rings. The SMILES string of the molecule is O=C(O)CSc1n[nH]c(C2CC2c2ccccc2)n1. The largest absolute Gasteiger partial charge is 0.481 e.